The fraction of sp³-hybridized carbons (Fsp3) is 0.118. The second-order valence-electron chi connectivity index (χ2n) is 4.96. The van der Waals surface area contributed by atoms with E-state index in [1.807, 2.05) is 0 Å². The number of thioether (sulfide) groups is 1. The monoisotopic (exact) mass is 357 g/mol. The van der Waals surface area contributed by atoms with Crippen LogP contribution in [0.1, 0.15) is 0 Å². The minimum Gasteiger partial charge on any atom is -0.507 e. The minimum atomic E-state index is -0.197. The first kappa shape index (κ1) is 16.8. The van der Waals surface area contributed by atoms with Crippen molar-refractivity contribution >= 4 is 23.4 Å². The van der Waals surface area contributed by atoms with Gasteiger partial charge in [-0.2, -0.15) is 0 Å². The number of hydrogen-bond donors (Lipinski definition) is 2. The number of hydrogen-bond acceptors (Lipinski definition) is 7. The van der Waals surface area contributed by atoms with Gasteiger partial charge in [0.05, 0.1) is 18.4 Å². The van der Waals surface area contributed by atoms with Crippen LogP contribution >= 0.6 is 11.8 Å². The lowest BCUT2D eigenvalue weighted by Gasteiger charge is -2.05. The fourth-order valence-corrected chi connectivity index (χ4v) is 2.59. The molecule has 7 nitrogen and oxygen atoms in total. The van der Waals surface area contributed by atoms with Gasteiger partial charge in [-0.15, -0.1) is 10.2 Å². The Morgan fingerprint density at radius 1 is 1.20 bits per heavy atom. The summed E-state index contributed by atoms with van der Waals surface area (Å²) in [5.74, 6) is 0.901. The van der Waals surface area contributed by atoms with Crippen molar-refractivity contribution in [2.24, 2.45) is 0 Å². The highest BCUT2D eigenvalue weighted by molar-refractivity contribution is 7.99. The highest BCUT2D eigenvalue weighted by atomic mass is 32.2. The number of nitrogens with zero attached hydrogens (tertiary/aromatic N) is 2. The van der Waals surface area contributed by atoms with Crippen molar-refractivity contribution < 1.29 is 19.1 Å². The molecule has 0 bridgehead atoms. The zero-order valence-electron chi connectivity index (χ0n) is 13.3. The van der Waals surface area contributed by atoms with Crippen LogP contribution in [0.3, 0.4) is 0 Å². The Balaban J connectivity index is 1.56. The first-order valence-corrected chi connectivity index (χ1v) is 8.33. The highest BCUT2D eigenvalue weighted by Crippen LogP contribution is 2.29. The summed E-state index contributed by atoms with van der Waals surface area (Å²) in [5, 5.41) is 20.6. The molecule has 2 N–H and O–H groups in total. The average molecular weight is 357 g/mol. The molecule has 0 saturated carbocycles. The first-order chi connectivity index (χ1) is 12.2. The molecule has 0 radical (unpaired) electrons. The molecule has 0 aliphatic heterocycles. The van der Waals surface area contributed by atoms with Crippen molar-refractivity contribution in [1.82, 2.24) is 10.2 Å². The molecule has 3 aromatic rings. The summed E-state index contributed by atoms with van der Waals surface area (Å²) in [4.78, 5) is 12.0. The van der Waals surface area contributed by atoms with E-state index in [1.54, 1.807) is 49.6 Å². The molecule has 25 heavy (non-hydrogen) atoms. The molecule has 2 aromatic carbocycles. The summed E-state index contributed by atoms with van der Waals surface area (Å²) >= 11 is 1.12. The Morgan fingerprint density at radius 2 is 1.96 bits per heavy atom. The number of rotatable bonds is 6. The standard InChI is InChI=1S/C17H15N3O4S/c1-23-12-8-6-11(7-9-12)18-15(22)10-25-17-20-19-16(24-17)13-4-2-3-5-14(13)21/h2-9,21H,10H2,1H3,(H,18,22). The predicted molar refractivity (Wildman–Crippen MR) is 93.7 cm³/mol. The lowest BCUT2D eigenvalue weighted by atomic mass is 10.2. The molecule has 8 heteroatoms. The topological polar surface area (TPSA) is 97.5 Å². The van der Waals surface area contributed by atoms with Crippen LogP contribution in [0.4, 0.5) is 5.69 Å². The van der Waals surface area contributed by atoms with E-state index < -0.39 is 0 Å². The SMILES string of the molecule is COc1ccc(NC(=O)CSc2nnc(-c3ccccc3O)o2)cc1. The number of aromatic hydroxyl groups is 1. The Bertz CT molecular complexity index is 864. The van der Waals surface area contributed by atoms with Gasteiger partial charge in [0.25, 0.3) is 11.1 Å². The number of anilines is 1. The van der Waals surface area contributed by atoms with Gasteiger partial charge in [-0.1, -0.05) is 23.9 Å². The number of methoxy groups -OCH3 is 1. The predicted octanol–water partition coefficient (Wildman–Crippen LogP) is 3.18. The van der Waals surface area contributed by atoms with Gasteiger partial charge in [0.2, 0.25) is 5.91 Å². The van der Waals surface area contributed by atoms with E-state index in [2.05, 4.69) is 15.5 Å². The number of ether oxygens (including phenoxy) is 1. The molecule has 1 heterocycles. The smallest absolute Gasteiger partial charge is 0.277 e. The number of benzene rings is 2. The Morgan fingerprint density at radius 3 is 2.68 bits per heavy atom. The third kappa shape index (κ3) is 4.30. The molecule has 3 rings (SSSR count). The van der Waals surface area contributed by atoms with E-state index in [4.69, 9.17) is 9.15 Å². The molecule has 1 aromatic heterocycles. The van der Waals surface area contributed by atoms with E-state index in [0.29, 0.717) is 11.3 Å². The van der Waals surface area contributed by atoms with E-state index >= 15 is 0 Å². The van der Waals surface area contributed by atoms with Crippen molar-refractivity contribution in [3.63, 3.8) is 0 Å². The summed E-state index contributed by atoms with van der Waals surface area (Å²) in [7, 11) is 1.58. The van der Waals surface area contributed by atoms with Crippen molar-refractivity contribution in [3.05, 3.63) is 48.5 Å². The maximum absolute atomic E-state index is 12.0. The summed E-state index contributed by atoms with van der Waals surface area (Å²) in [6.07, 6.45) is 0. The molecule has 1 amide bonds. The van der Waals surface area contributed by atoms with Crippen molar-refractivity contribution in [2.75, 3.05) is 18.2 Å². The third-order valence-corrected chi connectivity index (χ3v) is 4.06. The quantitative estimate of drug-likeness (QED) is 0.654. The van der Waals surface area contributed by atoms with Crippen molar-refractivity contribution in [3.8, 4) is 23.0 Å². The van der Waals surface area contributed by atoms with E-state index in [-0.39, 0.29) is 28.5 Å². The molecule has 0 spiro atoms. The lowest BCUT2D eigenvalue weighted by Crippen LogP contribution is -2.13. The van der Waals surface area contributed by atoms with Gasteiger partial charge in [0.1, 0.15) is 11.5 Å². The number of phenols is 1. The number of carbonyl (C=O) groups is 1. The van der Waals surface area contributed by atoms with Gasteiger partial charge in [0, 0.05) is 5.69 Å². The van der Waals surface area contributed by atoms with Crippen molar-refractivity contribution in [2.45, 2.75) is 5.22 Å². The van der Waals surface area contributed by atoms with Gasteiger partial charge in [-0.25, -0.2) is 0 Å². The Labute approximate surface area is 148 Å². The van der Waals surface area contributed by atoms with E-state index in [9.17, 15) is 9.90 Å². The molecule has 0 unspecified atom stereocenters. The van der Waals surface area contributed by atoms with E-state index in [1.165, 1.54) is 6.07 Å². The number of para-hydroxylation sites is 1. The Hall–Kier alpha value is -3.00. The van der Waals surface area contributed by atoms with Crippen LogP contribution in [0.5, 0.6) is 11.5 Å². The molecule has 0 aliphatic carbocycles. The van der Waals surface area contributed by atoms with Gasteiger partial charge >= 0.3 is 0 Å². The van der Waals surface area contributed by atoms with Crippen molar-refractivity contribution in [1.29, 1.82) is 0 Å². The van der Waals surface area contributed by atoms with Crippen LogP contribution < -0.4 is 10.1 Å². The molecule has 0 atom stereocenters. The van der Waals surface area contributed by atoms with Gasteiger partial charge in [0.15, 0.2) is 0 Å². The second-order valence-corrected chi connectivity index (χ2v) is 5.88. The summed E-state index contributed by atoms with van der Waals surface area (Å²) < 4.78 is 10.5. The second kappa shape index (κ2) is 7.71. The summed E-state index contributed by atoms with van der Waals surface area (Å²) in [6.45, 7) is 0. The number of phenolic OH excluding ortho intramolecular Hbond substituents is 1. The zero-order chi connectivity index (χ0) is 17.6. The van der Waals surface area contributed by atoms with Gasteiger partial charge < -0.3 is 19.6 Å². The lowest BCUT2D eigenvalue weighted by molar-refractivity contribution is -0.113. The van der Waals surface area contributed by atoms with Crippen LogP contribution in [0, 0.1) is 0 Å². The molecule has 0 saturated heterocycles. The Kier molecular flexibility index (Phi) is 5.20. The average Bonchev–Trinajstić information content (AvgIpc) is 3.10. The first-order valence-electron chi connectivity index (χ1n) is 7.34. The van der Waals surface area contributed by atoms with E-state index in [0.717, 1.165) is 17.5 Å². The molecule has 0 fully saturated rings. The van der Waals surface area contributed by atoms with Crippen LogP contribution in [0.25, 0.3) is 11.5 Å². The zero-order valence-corrected chi connectivity index (χ0v) is 14.1. The maximum Gasteiger partial charge on any atom is 0.277 e. The fourth-order valence-electron chi connectivity index (χ4n) is 2.03. The van der Waals surface area contributed by atoms with Gasteiger partial charge in [-0.05, 0) is 36.4 Å². The normalized spacial score (nSPS) is 10.4. The summed E-state index contributed by atoms with van der Waals surface area (Å²) in [5.41, 5.74) is 1.12. The van der Waals surface area contributed by atoms with Crippen LogP contribution in [-0.4, -0.2) is 34.1 Å². The number of nitrogens with one attached hydrogen (secondary N) is 1. The largest absolute Gasteiger partial charge is 0.507 e. The number of carbonyl (C=O) groups excluding carboxylic acids is 1. The maximum atomic E-state index is 12.0. The van der Waals surface area contributed by atoms with Crippen LogP contribution in [0.2, 0.25) is 0 Å². The summed E-state index contributed by atoms with van der Waals surface area (Å²) in [6, 6.07) is 13.7. The minimum absolute atomic E-state index is 0.0555. The highest BCUT2D eigenvalue weighted by Gasteiger charge is 2.13. The third-order valence-electron chi connectivity index (χ3n) is 3.24. The van der Waals surface area contributed by atoms with Crippen LogP contribution in [0.15, 0.2) is 58.2 Å². The van der Waals surface area contributed by atoms with Crippen LogP contribution in [-0.2, 0) is 4.79 Å². The molecular weight excluding hydrogens is 342 g/mol. The molecular formula is C17H15N3O4S. The number of aromatic nitrogens is 2. The number of amides is 1. The molecule has 0 aliphatic rings. The molecule has 128 valence electrons. The van der Waals surface area contributed by atoms with Gasteiger partial charge in [-0.3, -0.25) is 4.79 Å².